The number of aryl methyl sites for hydroxylation is 2. The lowest BCUT2D eigenvalue weighted by Gasteiger charge is -2.06. The predicted molar refractivity (Wildman–Crippen MR) is 67.6 cm³/mol. The second-order valence-electron chi connectivity index (χ2n) is 4.11. The van der Waals surface area contributed by atoms with E-state index in [2.05, 4.69) is 5.32 Å². The molecule has 0 aliphatic rings. The van der Waals surface area contributed by atoms with Crippen molar-refractivity contribution < 1.29 is 4.39 Å². The first-order valence-corrected chi connectivity index (χ1v) is 6.12. The maximum Gasteiger partial charge on any atom is 0.127 e. The van der Waals surface area contributed by atoms with Gasteiger partial charge >= 0.3 is 0 Å². The lowest BCUT2D eigenvalue weighted by Crippen LogP contribution is -2.07. The number of halogens is 2. The van der Waals surface area contributed by atoms with Gasteiger partial charge in [-0.3, -0.25) is 0 Å². The average molecular weight is 244 g/mol. The normalized spacial score (nSPS) is 10.8. The number of rotatable bonds is 6. The van der Waals surface area contributed by atoms with Crippen molar-refractivity contribution in [1.29, 1.82) is 0 Å². The molecule has 0 aliphatic heterocycles. The van der Waals surface area contributed by atoms with Gasteiger partial charge in [0.15, 0.2) is 0 Å². The highest BCUT2D eigenvalue weighted by Crippen LogP contribution is 2.22. The Balaban J connectivity index is 2.45. The molecule has 0 spiro atoms. The predicted octanol–water partition coefficient (Wildman–Crippen LogP) is 3.72. The summed E-state index contributed by atoms with van der Waals surface area (Å²) in [4.78, 5) is 0. The fraction of sp³-hybridized carbons (Fsp3) is 0.538. The summed E-state index contributed by atoms with van der Waals surface area (Å²) in [7, 11) is 1.96. The fourth-order valence-electron chi connectivity index (χ4n) is 1.70. The minimum atomic E-state index is -0.219. The zero-order chi connectivity index (χ0) is 12.0. The minimum Gasteiger partial charge on any atom is -0.320 e. The summed E-state index contributed by atoms with van der Waals surface area (Å²) < 4.78 is 13.2. The van der Waals surface area contributed by atoms with E-state index in [9.17, 15) is 4.39 Å². The van der Waals surface area contributed by atoms with Gasteiger partial charge in [0.05, 0.1) is 0 Å². The van der Waals surface area contributed by atoms with Crippen LogP contribution in [0.15, 0.2) is 12.1 Å². The van der Waals surface area contributed by atoms with Crippen LogP contribution in [0.5, 0.6) is 0 Å². The molecule has 0 heterocycles. The molecule has 3 heteroatoms. The van der Waals surface area contributed by atoms with Crippen molar-refractivity contribution in [3.8, 4) is 0 Å². The van der Waals surface area contributed by atoms with Crippen LogP contribution in [-0.4, -0.2) is 13.6 Å². The molecular weight excluding hydrogens is 225 g/mol. The Labute approximate surface area is 102 Å². The summed E-state index contributed by atoms with van der Waals surface area (Å²) >= 11 is 5.99. The van der Waals surface area contributed by atoms with Crippen LogP contribution in [0.2, 0.25) is 5.02 Å². The van der Waals surface area contributed by atoms with Crippen molar-refractivity contribution in [3.63, 3.8) is 0 Å². The van der Waals surface area contributed by atoms with Crippen molar-refractivity contribution in [2.24, 2.45) is 0 Å². The van der Waals surface area contributed by atoms with E-state index in [0.717, 1.165) is 24.9 Å². The standard InChI is InChI=1S/C13H19ClFN/c1-10-8-11(12(14)9-13(10)15)6-4-3-5-7-16-2/h8-9,16H,3-7H2,1-2H3. The molecule has 1 aromatic carbocycles. The molecule has 0 amide bonds. The number of nitrogens with one attached hydrogen (secondary N) is 1. The number of unbranched alkanes of at least 4 members (excludes halogenated alkanes) is 2. The zero-order valence-corrected chi connectivity index (χ0v) is 10.7. The van der Waals surface area contributed by atoms with Crippen LogP contribution in [0.4, 0.5) is 4.39 Å². The largest absolute Gasteiger partial charge is 0.320 e. The topological polar surface area (TPSA) is 12.0 Å². The van der Waals surface area contributed by atoms with Gasteiger partial charge in [0.2, 0.25) is 0 Å². The molecule has 1 nitrogen and oxygen atoms in total. The molecule has 1 rings (SSSR count). The fourth-order valence-corrected chi connectivity index (χ4v) is 1.95. The Morgan fingerprint density at radius 1 is 1.25 bits per heavy atom. The Kier molecular flexibility index (Phi) is 5.78. The third kappa shape index (κ3) is 4.11. The Hall–Kier alpha value is -0.600. The molecule has 0 aliphatic carbocycles. The van der Waals surface area contributed by atoms with Crippen molar-refractivity contribution in [2.45, 2.75) is 32.6 Å². The first kappa shape index (κ1) is 13.5. The van der Waals surface area contributed by atoms with E-state index in [1.807, 2.05) is 13.1 Å². The van der Waals surface area contributed by atoms with Gasteiger partial charge in [-0.15, -0.1) is 0 Å². The smallest absolute Gasteiger partial charge is 0.127 e. The highest BCUT2D eigenvalue weighted by Gasteiger charge is 2.05. The van der Waals surface area contributed by atoms with Crippen LogP contribution in [0.3, 0.4) is 0 Å². The first-order chi connectivity index (χ1) is 7.65. The van der Waals surface area contributed by atoms with E-state index in [-0.39, 0.29) is 5.82 Å². The molecule has 0 bridgehead atoms. The molecule has 1 N–H and O–H groups in total. The molecule has 0 fully saturated rings. The van der Waals surface area contributed by atoms with E-state index in [1.165, 1.54) is 18.9 Å². The molecule has 0 atom stereocenters. The molecule has 16 heavy (non-hydrogen) atoms. The summed E-state index contributed by atoms with van der Waals surface area (Å²) in [5.74, 6) is -0.219. The van der Waals surface area contributed by atoms with Crippen LogP contribution < -0.4 is 5.32 Å². The molecule has 1 aromatic rings. The van der Waals surface area contributed by atoms with Gasteiger partial charge in [-0.1, -0.05) is 24.1 Å². The van der Waals surface area contributed by atoms with Gasteiger partial charge in [-0.25, -0.2) is 4.39 Å². The van der Waals surface area contributed by atoms with Gasteiger partial charge in [-0.05, 0) is 57.0 Å². The average Bonchev–Trinajstić information content (AvgIpc) is 2.25. The van der Waals surface area contributed by atoms with E-state index in [0.29, 0.717) is 10.6 Å². The molecule has 0 unspecified atom stereocenters. The van der Waals surface area contributed by atoms with Crippen LogP contribution >= 0.6 is 11.6 Å². The number of benzene rings is 1. The summed E-state index contributed by atoms with van der Waals surface area (Å²) in [6, 6.07) is 3.27. The highest BCUT2D eigenvalue weighted by molar-refractivity contribution is 6.31. The Morgan fingerprint density at radius 2 is 2.00 bits per heavy atom. The van der Waals surface area contributed by atoms with E-state index >= 15 is 0 Å². The van der Waals surface area contributed by atoms with E-state index in [4.69, 9.17) is 11.6 Å². The lowest BCUT2D eigenvalue weighted by atomic mass is 10.0. The SMILES string of the molecule is CNCCCCCc1cc(C)c(F)cc1Cl. The molecular formula is C13H19ClFN. The third-order valence-corrected chi connectivity index (χ3v) is 3.05. The monoisotopic (exact) mass is 243 g/mol. The van der Waals surface area contributed by atoms with E-state index in [1.54, 1.807) is 6.92 Å². The van der Waals surface area contributed by atoms with Crippen LogP contribution in [0.1, 0.15) is 30.4 Å². The van der Waals surface area contributed by atoms with Crippen LogP contribution in [0.25, 0.3) is 0 Å². The minimum absolute atomic E-state index is 0.219. The van der Waals surface area contributed by atoms with Crippen molar-refractivity contribution in [2.75, 3.05) is 13.6 Å². The molecule has 0 saturated heterocycles. The van der Waals surface area contributed by atoms with Crippen molar-refractivity contribution >= 4 is 11.6 Å². The van der Waals surface area contributed by atoms with Crippen LogP contribution in [0, 0.1) is 12.7 Å². The molecule has 0 aromatic heterocycles. The molecule has 0 saturated carbocycles. The van der Waals surface area contributed by atoms with Crippen molar-refractivity contribution in [3.05, 3.63) is 34.1 Å². The van der Waals surface area contributed by atoms with Gasteiger partial charge in [0.25, 0.3) is 0 Å². The second kappa shape index (κ2) is 6.87. The first-order valence-electron chi connectivity index (χ1n) is 5.74. The maximum absolute atomic E-state index is 13.2. The number of hydrogen-bond acceptors (Lipinski definition) is 1. The van der Waals surface area contributed by atoms with Gasteiger partial charge in [0, 0.05) is 5.02 Å². The summed E-state index contributed by atoms with van der Waals surface area (Å²) in [5, 5.41) is 3.67. The summed E-state index contributed by atoms with van der Waals surface area (Å²) in [6.07, 6.45) is 4.39. The van der Waals surface area contributed by atoms with Gasteiger partial charge in [0.1, 0.15) is 5.82 Å². The van der Waals surface area contributed by atoms with Crippen molar-refractivity contribution in [1.82, 2.24) is 5.32 Å². The Morgan fingerprint density at radius 3 is 2.69 bits per heavy atom. The zero-order valence-electron chi connectivity index (χ0n) is 9.95. The maximum atomic E-state index is 13.2. The van der Waals surface area contributed by atoms with Gasteiger partial charge < -0.3 is 5.32 Å². The van der Waals surface area contributed by atoms with Gasteiger partial charge in [-0.2, -0.15) is 0 Å². The van der Waals surface area contributed by atoms with Crippen LogP contribution in [-0.2, 0) is 6.42 Å². The quantitative estimate of drug-likeness (QED) is 0.751. The number of hydrogen-bond donors (Lipinski definition) is 1. The Bertz CT molecular complexity index is 339. The lowest BCUT2D eigenvalue weighted by molar-refractivity contribution is 0.615. The second-order valence-corrected chi connectivity index (χ2v) is 4.51. The third-order valence-electron chi connectivity index (χ3n) is 2.70. The van der Waals surface area contributed by atoms with E-state index < -0.39 is 0 Å². The highest BCUT2D eigenvalue weighted by atomic mass is 35.5. The molecule has 90 valence electrons. The molecule has 0 radical (unpaired) electrons. The summed E-state index contributed by atoms with van der Waals surface area (Å²) in [6.45, 7) is 2.83. The summed E-state index contributed by atoms with van der Waals surface area (Å²) in [5.41, 5.74) is 1.74.